The third-order valence-corrected chi connectivity index (χ3v) is 5.00. The van der Waals surface area contributed by atoms with Gasteiger partial charge in [0.25, 0.3) is 0 Å². The first-order chi connectivity index (χ1) is 11.7. The van der Waals surface area contributed by atoms with Crippen LogP contribution in [0.15, 0.2) is 17.3 Å². The second kappa shape index (κ2) is 5.81. The summed E-state index contributed by atoms with van der Waals surface area (Å²) in [6, 6.07) is -0.0309. The fourth-order valence-corrected chi connectivity index (χ4v) is 3.58. The van der Waals surface area contributed by atoms with E-state index in [0.29, 0.717) is 4.90 Å². The number of hydrogen-bond donors (Lipinski definition) is 1. The van der Waals surface area contributed by atoms with Crippen LogP contribution in [0.3, 0.4) is 0 Å². The Balaban J connectivity index is 2.17. The van der Waals surface area contributed by atoms with Crippen LogP contribution in [0.25, 0.3) is 0 Å². The van der Waals surface area contributed by atoms with Gasteiger partial charge >= 0.3 is 12.2 Å². The SMILES string of the molecule is Cc1c(N2C(=O)N3CC/C(=N/O)[C@H]3[C@H]2C(F)(F)F)ccc(C#N)c1Cl. The summed E-state index contributed by atoms with van der Waals surface area (Å²) in [5.41, 5.74) is 0.196. The maximum Gasteiger partial charge on any atom is 0.411 e. The molecule has 0 spiro atoms. The third kappa shape index (κ3) is 2.48. The van der Waals surface area contributed by atoms with Crippen molar-refractivity contribution in [1.29, 1.82) is 5.26 Å². The van der Waals surface area contributed by atoms with Crippen LogP contribution in [0.1, 0.15) is 17.5 Å². The summed E-state index contributed by atoms with van der Waals surface area (Å²) in [4.78, 5) is 14.3. The molecule has 0 radical (unpaired) electrons. The van der Waals surface area contributed by atoms with Gasteiger partial charge in [-0.15, -0.1) is 0 Å². The Morgan fingerprint density at radius 1 is 1.44 bits per heavy atom. The molecule has 2 atom stereocenters. The number of carbonyl (C=O) groups is 1. The van der Waals surface area contributed by atoms with Crippen LogP contribution in [-0.4, -0.2) is 46.7 Å². The molecule has 2 amide bonds. The Kier molecular flexibility index (Phi) is 4.03. The van der Waals surface area contributed by atoms with E-state index in [4.69, 9.17) is 22.1 Å². The van der Waals surface area contributed by atoms with E-state index in [2.05, 4.69) is 5.16 Å². The average Bonchev–Trinajstić information content (AvgIpc) is 3.08. The van der Waals surface area contributed by atoms with Crippen LogP contribution >= 0.6 is 11.6 Å². The number of rotatable bonds is 1. The summed E-state index contributed by atoms with van der Waals surface area (Å²) in [6.07, 6.45) is -4.66. The highest BCUT2D eigenvalue weighted by molar-refractivity contribution is 6.33. The van der Waals surface area contributed by atoms with E-state index in [0.717, 1.165) is 4.90 Å². The summed E-state index contributed by atoms with van der Waals surface area (Å²) in [5.74, 6) is 0. The maximum absolute atomic E-state index is 13.8. The van der Waals surface area contributed by atoms with Crippen molar-refractivity contribution in [2.24, 2.45) is 5.16 Å². The zero-order valence-corrected chi connectivity index (χ0v) is 13.6. The highest BCUT2D eigenvalue weighted by atomic mass is 35.5. The van der Waals surface area contributed by atoms with Crippen LogP contribution in [0, 0.1) is 18.3 Å². The van der Waals surface area contributed by atoms with E-state index in [1.807, 2.05) is 6.07 Å². The molecule has 0 saturated carbocycles. The van der Waals surface area contributed by atoms with Crippen LogP contribution in [0.5, 0.6) is 0 Å². The Hall–Kier alpha value is -2.47. The quantitative estimate of drug-likeness (QED) is 0.606. The Bertz CT molecular complexity index is 818. The van der Waals surface area contributed by atoms with Gasteiger partial charge in [0.15, 0.2) is 6.04 Å². The molecule has 1 N–H and O–H groups in total. The molecule has 0 unspecified atom stereocenters. The number of nitriles is 1. The smallest absolute Gasteiger partial charge is 0.411 e. The first-order valence-electron chi connectivity index (χ1n) is 7.29. The fourth-order valence-electron chi connectivity index (χ4n) is 3.38. The highest BCUT2D eigenvalue weighted by Crippen LogP contribution is 2.43. The predicted molar refractivity (Wildman–Crippen MR) is 83.0 cm³/mol. The molecule has 2 saturated heterocycles. The molecule has 0 bridgehead atoms. The molecular formula is C15H12ClF3N4O2. The number of fused-ring (bicyclic) bond motifs is 1. The first-order valence-corrected chi connectivity index (χ1v) is 7.66. The number of alkyl halides is 3. The van der Waals surface area contributed by atoms with Crippen molar-refractivity contribution in [2.75, 3.05) is 11.4 Å². The molecule has 132 valence electrons. The van der Waals surface area contributed by atoms with E-state index < -0.39 is 24.3 Å². The Morgan fingerprint density at radius 2 is 2.12 bits per heavy atom. The van der Waals surface area contributed by atoms with E-state index >= 15 is 0 Å². The second-order valence-corrected chi connectivity index (χ2v) is 6.18. The molecule has 2 aliphatic rings. The van der Waals surface area contributed by atoms with E-state index in [-0.39, 0.29) is 40.5 Å². The molecule has 10 heteroatoms. The van der Waals surface area contributed by atoms with Crippen LogP contribution in [-0.2, 0) is 0 Å². The normalized spacial score (nSPS) is 24.8. The fraction of sp³-hybridized carbons (Fsp3) is 0.400. The van der Waals surface area contributed by atoms with Crippen molar-refractivity contribution in [3.05, 3.63) is 28.3 Å². The highest BCUT2D eigenvalue weighted by Gasteiger charge is 2.62. The van der Waals surface area contributed by atoms with E-state index in [9.17, 15) is 18.0 Å². The molecule has 6 nitrogen and oxygen atoms in total. The van der Waals surface area contributed by atoms with Crippen molar-refractivity contribution in [1.82, 2.24) is 4.90 Å². The lowest BCUT2D eigenvalue weighted by Crippen LogP contribution is -2.50. The lowest BCUT2D eigenvalue weighted by Gasteiger charge is -2.29. The van der Waals surface area contributed by atoms with Gasteiger partial charge in [0.1, 0.15) is 12.1 Å². The number of amides is 2. The molecule has 2 aliphatic heterocycles. The minimum absolute atomic E-state index is 0.00293. The van der Waals surface area contributed by atoms with Gasteiger partial charge < -0.3 is 10.1 Å². The van der Waals surface area contributed by atoms with Crippen molar-refractivity contribution >= 4 is 29.0 Å². The Morgan fingerprint density at radius 3 is 2.68 bits per heavy atom. The minimum atomic E-state index is -4.75. The van der Waals surface area contributed by atoms with Crippen LogP contribution in [0.4, 0.5) is 23.7 Å². The lowest BCUT2D eigenvalue weighted by molar-refractivity contribution is -0.147. The van der Waals surface area contributed by atoms with Gasteiger partial charge in [-0.1, -0.05) is 16.8 Å². The van der Waals surface area contributed by atoms with Crippen LogP contribution < -0.4 is 4.90 Å². The Labute approximate surface area is 145 Å². The van der Waals surface area contributed by atoms with Gasteiger partial charge in [-0.3, -0.25) is 4.90 Å². The number of benzene rings is 1. The van der Waals surface area contributed by atoms with Gasteiger partial charge in [-0.25, -0.2) is 4.79 Å². The van der Waals surface area contributed by atoms with Gasteiger partial charge in [-0.2, -0.15) is 18.4 Å². The average molecular weight is 373 g/mol. The standard InChI is InChI=1S/C15H12ClF3N4O2/c1-7-10(3-2-8(6-20)11(7)16)23-13(15(17,18)19)12-9(21-25)4-5-22(12)14(23)24/h2-3,12-13,25H,4-5H2,1H3/b21-9-/t12-,13-/m0/s1. The summed E-state index contributed by atoms with van der Waals surface area (Å²) in [5, 5.41) is 20.9. The van der Waals surface area contributed by atoms with Gasteiger partial charge in [0, 0.05) is 13.0 Å². The van der Waals surface area contributed by atoms with Crippen LogP contribution in [0.2, 0.25) is 5.02 Å². The molecule has 2 heterocycles. The van der Waals surface area contributed by atoms with Gasteiger partial charge in [0.2, 0.25) is 0 Å². The molecule has 25 heavy (non-hydrogen) atoms. The second-order valence-electron chi connectivity index (χ2n) is 5.80. The topological polar surface area (TPSA) is 79.9 Å². The first kappa shape index (κ1) is 17.4. The number of halogens is 4. The monoisotopic (exact) mass is 372 g/mol. The molecule has 0 aromatic heterocycles. The number of carbonyl (C=O) groups excluding carboxylic acids is 1. The molecule has 1 aromatic carbocycles. The minimum Gasteiger partial charge on any atom is -0.411 e. The summed E-state index contributed by atoms with van der Waals surface area (Å²) in [6.45, 7) is 1.48. The number of oxime groups is 1. The van der Waals surface area contributed by atoms with E-state index in [1.54, 1.807) is 0 Å². The summed E-state index contributed by atoms with van der Waals surface area (Å²) < 4.78 is 41.3. The van der Waals surface area contributed by atoms with Gasteiger partial charge in [-0.05, 0) is 24.6 Å². The number of urea groups is 1. The number of nitrogens with zero attached hydrogens (tertiary/aromatic N) is 4. The number of hydrogen-bond acceptors (Lipinski definition) is 4. The molecule has 1 aromatic rings. The van der Waals surface area contributed by atoms with Crippen molar-refractivity contribution in [2.45, 2.75) is 31.6 Å². The molecular weight excluding hydrogens is 361 g/mol. The zero-order chi connectivity index (χ0) is 18.5. The van der Waals surface area contributed by atoms with E-state index in [1.165, 1.54) is 19.1 Å². The molecule has 0 aliphatic carbocycles. The predicted octanol–water partition coefficient (Wildman–Crippen LogP) is 3.30. The largest absolute Gasteiger partial charge is 0.411 e. The van der Waals surface area contributed by atoms with Crippen molar-refractivity contribution < 1.29 is 23.2 Å². The lowest BCUT2D eigenvalue weighted by atomic mass is 10.0. The molecule has 3 rings (SSSR count). The van der Waals surface area contributed by atoms with Crippen molar-refractivity contribution in [3.8, 4) is 6.07 Å². The maximum atomic E-state index is 13.8. The summed E-state index contributed by atoms with van der Waals surface area (Å²) in [7, 11) is 0. The van der Waals surface area contributed by atoms with Crippen molar-refractivity contribution in [3.63, 3.8) is 0 Å². The third-order valence-electron chi connectivity index (χ3n) is 4.52. The summed E-state index contributed by atoms with van der Waals surface area (Å²) >= 11 is 6.04. The molecule has 2 fully saturated rings. The number of anilines is 1. The van der Waals surface area contributed by atoms with Gasteiger partial charge in [0.05, 0.1) is 22.0 Å². The zero-order valence-electron chi connectivity index (χ0n) is 12.9.